The number of fused-ring (bicyclic) bond motifs is 1. The number of pyridine rings is 1. The van der Waals surface area contributed by atoms with E-state index in [1.807, 2.05) is 41.2 Å². The van der Waals surface area contributed by atoms with E-state index in [9.17, 15) is 4.79 Å². The highest BCUT2D eigenvalue weighted by Crippen LogP contribution is 2.39. The summed E-state index contributed by atoms with van der Waals surface area (Å²) >= 11 is 0. The van der Waals surface area contributed by atoms with Crippen LogP contribution in [0.1, 0.15) is 53.8 Å². The van der Waals surface area contributed by atoms with Gasteiger partial charge in [0.05, 0.1) is 0 Å². The first-order chi connectivity index (χ1) is 17.6. The van der Waals surface area contributed by atoms with Crippen LogP contribution in [0.5, 0.6) is 5.75 Å². The Bertz CT molecular complexity index is 1140. The average molecular weight is 488 g/mol. The van der Waals surface area contributed by atoms with Gasteiger partial charge in [0.25, 0.3) is 5.91 Å². The molecule has 1 fully saturated rings. The summed E-state index contributed by atoms with van der Waals surface area (Å²) in [6.45, 7) is 4.96. The topological polar surface area (TPSA) is 63.5 Å². The largest absolute Gasteiger partial charge is 0.492 e. The molecule has 1 spiro atoms. The van der Waals surface area contributed by atoms with Gasteiger partial charge >= 0.3 is 0 Å². The lowest BCUT2D eigenvalue weighted by atomic mass is 9.73. The molecule has 0 atom stereocenters. The first-order valence-electron chi connectivity index (χ1n) is 13.2. The second kappa shape index (κ2) is 11.2. The Morgan fingerprint density at radius 3 is 2.67 bits per heavy atom. The van der Waals surface area contributed by atoms with Crippen LogP contribution in [0.25, 0.3) is 0 Å². The maximum Gasteiger partial charge on any atom is 0.289 e. The summed E-state index contributed by atoms with van der Waals surface area (Å²) in [5, 5.41) is 0. The van der Waals surface area contributed by atoms with Crippen LogP contribution in [-0.4, -0.2) is 63.0 Å². The Hall–Kier alpha value is -3.19. The fraction of sp³-hybridized carbons (Fsp3) is 0.483. The second-order valence-electron chi connectivity index (χ2n) is 10.4. The molecule has 0 radical (unpaired) electrons. The first kappa shape index (κ1) is 24.5. The molecule has 0 N–H and O–H groups in total. The van der Waals surface area contributed by atoms with Crippen LogP contribution in [0.3, 0.4) is 0 Å². The highest BCUT2D eigenvalue weighted by atomic mass is 16.5. The van der Waals surface area contributed by atoms with Crippen molar-refractivity contribution in [2.75, 3.05) is 32.8 Å². The molecular weight excluding hydrogens is 450 g/mol. The van der Waals surface area contributed by atoms with E-state index in [4.69, 9.17) is 4.74 Å². The third kappa shape index (κ3) is 5.78. The van der Waals surface area contributed by atoms with E-state index in [-0.39, 0.29) is 11.3 Å². The molecule has 36 heavy (non-hydrogen) atoms. The van der Waals surface area contributed by atoms with E-state index in [0.29, 0.717) is 12.4 Å². The number of hydrogen-bond acceptors (Lipinski definition) is 5. The first-order valence-corrected chi connectivity index (χ1v) is 13.2. The smallest absolute Gasteiger partial charge is 0.289 e. The lowest BCUT2D eigenvalue weighted by Crippen LogP contribution is -2.48. The number of para-hydroxylation sites is 1. The lowest BCUT2D eigenvalue weighted by molar-refractivity contribution is 0.0351. The van der Waals surface area contributed by atoms with Crippen LogP contribution in [-0.2, 0) is 20.0 Å². The van der Waals surface area contributed by atoms with Crippen molar-refractivity contribution in [3.63, 3.8) is 0 Å². The van der Waals surface area contributed by atoms with Gasteiger partial charge in [-0.25, -0.2) is 4.98 Å². The van der Waals surface area contributed by atoms with E-state index < -0.39 is 0 Å². The van der Waals surface area contributed by atoms with Crippen LogP contribution < -0.4 is 4.74 Å². The van der Waals surface area contributed by atoms with Crippen molar-refractivity contribution in [2.24, 2.45) is 12.5 Å². The fourth-order valence-electron chi connectivity index (χ4n) is 5.77. The molecule has 0 saturated carbocycles. The van der Waals surface area contributed by atoms with Crippen molar-refractivity contribution in [1.29, 1.82) is 0 Å². The number of aryl methyl sites for hydroxylation is 2. The zero-order valence-electron chi connectivity index (χ0n) is 21.3. The monoisotopic (exact) mass is 487 g/mol. The Morgan fingerprint density at radius 2 is 1.89 bits per heavy atom. The highest BCUT2D eigenvalue weighted by Gasteiger charge is 2.38. The summed E-state index contributed by atoms with van der Waals surface area (Å²) < 4.78 is 8.10. The van der Waals surface area contributed by atoms with Crippen LogP contribution in [0.15, 0.2) is 61.2 Å². The van der Waals surface area contributed by atoms with Crippen LogP contribution in [0.4, 0.5) is 0 Å². The zero-order valence-corrected chi connectivity index (χ0v) is 21.3. The summed E-state index contributed by atoms with van der Waals surface area (Å²) in [7, 11) is 1.88. The number of rotatable bonds is 3. The molecule has 7 nitrogen and oxygen atoms in total. The Morgan fingerprint density at radius 1 is 1.03 bits per heavy atom. The van der Waals surface area contributed by atoms with Crippen molar-refractivity contribution in [1.82, 2.24) is 24.3 Å². The van der Waals surface area contributed by atoms with Crippen molar-refractivity contribution < 1.29 is 9.53 Å². The molecule has 1 amide bonds. The number of likely N-dealkylation sites (tertiary alicyclic amines) is 1. The minimum atomic E-state index is 0.0442. The predicted octanol–water partition coefficient (Wildman–Crippen LogP) is 4.35. The molecule has 1 aromatic carbocycles. The van der Waals surface area contributed by atoms with Crippen molar-refractivity contribution in [2.45, 2.75) is 45.1 Å². The minimum Gasteiger partial charge on any atom is -0.492 e. The summed E-state index contributed by atoms with van der Waals surface area (Å²) in [6, 6.07) is 12.6. The zero-order chi connectivity index (χ0) is 24.8. The molecule has 2 aliphatic heterocycles. The molecule has 1 saturated heterocycles. The number of benzene rings is 1. The number of carbonyl (C=O) groups is 1. The maximum absolute atomic E-state index is 13.1. The number of hydrogen-bond donors (Lipinski definition) is 0. The van der Waals surface area contributed by atoms with Crippen molar-refractivity contribution >= 4 is 5.91 Å². The average Bonchev–Trinajstić information content (AvgIpc) is 3.33. The van der Waals surface area contributed by atoms with Gasteiger partial charge in [-0.05, 0) is 60.8 Å². The Labute approximate surface area is 214 Å². The van der Waals surface area contributed by atoms with Gasteiger partial charge in [0.1, 0.15) is 12.4 Å². The molecule has 3 aromatic rings. The predicted molar refractivity (Wildman–Crippen MR) is 140 cm³/mol. The molecule has 0 aliphatic carbocycles. The molecule has 0 unspecified atom stereocenters. The molecule has 5 rings (SSSR count). The van der Waals surface area contributed by atoms with Crippen LogP contribution in [0, 0.1) is 5.41 Å². The van der Waals surface area contributed by atoms with Gasteiger partial charge in [0, 0.05) is 64.6 Å². The summed E-state index contributed by atoms with van der Waals surface area (Å²) in [5.74, 6) is 1.59. The minimum absolute atomic E-state index is 0.0442. The van der Waals surface area contributed by atoms with Gasteiger partial charge in [-0.2, -0.15) is 0 Å². The summed E-state index contributed by atoms with van der Waals surface area (Å²) in [6.07, 6.45) is 13.9. The molecule has 190 valence electrons. The SMILES string of the molecule is Cn1ccnc1C(=O)N1CCC2(CCCCc3ccccc3OCCN(Cc3cccnc3)C2)CC1. The third-order valence-corrected chi connectivity index (χ3v) is 7.85. The Balaban J connectivity index is 1.33. The normalized spacial score (nSPS) is 19.1. The van der Waals surface area contributed by atoms with E-state index in [1.165, 1.54) is 24.0 Å². The molecule has 0 bridgehead atoms. The van der Waals surface area contributed by atoms with Gasteiger partial charge < -0.3 is 14.2 Å². The van der Waals surface area contributed by atoms with E-state index in [2.05, 4.69) is 45.2 Å². The molecular formula is C29H37N5O2. The quantitative estimate of drug-likeness (QED) is 0.550. The third-order valence-electron chi connectivity index (χ3n) is 7.85. The van der Waals surface area contributed by atoms with Gasteiger partial charge in [-0.3, -0.25) is 14.7 Å². The number of aromatic nitrogens is 3. The van der Waals surface area contributed by atoms with Gasteiger partial charge in [0.15, 0.2) is 5.82 Å². The molecule has 7 heteroatoms. The van der Waals surface area contributed by atoms with Crippen molar-refractivity contribution in [3.05, 3.63) is 78.1 Å². The number of nitrogens with zero attached hydrogens (tertiary/aromatic N) is 5. The maximum atomic E-state index is 13.1. The number of carbonyl (C=O) groups excluding carboxylic acids is 1. The standard InChI is InChI=1S/C29H37N5O2/c1-32-18-15-31-27(32)28(35)34-16-12-29(13-17-34)11-5-4-9-25-8-2-3-10-26(25)36-20-19-33(23-29)22-24-7-6-14-30-21-24/h2-3,6-8,10,14-15,18,21H,4-5,9,11-13,16-17,19-20,22-23H2,1H3. The Kier molecular flexibility index (Phi) is 7.66. The number of piperidine rings is 1. The van der Waals surface area contributed by atoms with E-state index in [1.54, 1.807) is 6.20 Å². The van der Waals surface area contributed by atoms with Crippen LogP contribution >= 0.6 is 0 Å². The highest BCUT2D eigenvalue weighted by molar-refractivity contribution is 5.90. The van der Waals surface area contributed by atoms with Crippen molar-refractivity contribution in [3.8, 4) is 5.75 Å². The van der Waals surface area contributed by atoms with Gasteiger partial charge in [-0.15, -0.1) is 0 Å². The molecule has 2 aliphatic rings. The molecule has 2 aromatic heterocycles. The molecule has 4 heterocycles. The summed E-state index contributed by atoms with van der Waals surface area (Å²) in [4.78, 5) is 26.2. The van der Waals surface area contributed by atoms with Crippen LogP contribution in [0.2, 0.25) is 0 Å². The van der Waals surface area contributed by atoms with Gasteiger partial charge in [-0.1, -0.05) is 30.7 Å². The number of imidazole rings is 1. The summed E-state index contributed by atoms with van der Waals surface area (Å²) in [5.41, 5.74) is 2.73. The van der Waals surface area contributed by atoms with Gasteiger partial charge in [0.2, 0.25) is 0 Å². The lowest BCUT2D eigenvalue weighted by Gasteiger charge is -2.45. The number of amides is 1. The fourth-order valence-corrected chi connectivity index (χ4v) is 5.77. The van der Waals surface area contributed by atoms with E-state index in [0.717, 1.165) is 64.2 Å². The number of ether oxygens (including phenoxy) is 1. The van der Waals surface area contributed by atoms with E-state index >= 15 is 0 Å². The second-order valence-corrected chi connectivity index (χ2v) is 10.4.